The van der Waals surface area contributed by atoms with Crippen molar-refractivity contribution in [1.29, 1.82) is 0 Å². The summed E-state index contributed by atoms with van der Waals surface area (Å²) in [6.07, 6.45) is 0. The Morgan fingerprint density at radius 3 is 2.24 bits per heavy atom. The van der Waals surface area contributed by atoms with Crippen molar-refractivity contribution in [3.8, 4) is 0 Å². The van der Waals surface area contributed by atoms with Crippen LogP contribution in [0.4, 0.5) is 4.79 Å². The third kappa shape index (κ3) is 5.86. The number of methoxy groups -OCH3 is 1. The molecule has 7 heteroatoms. The summed E-state index contributed by atoms with van der Waals surface area (Å²) in [4.78, 5) is 33.7. The Bertz CT molecular complexity index is 293. The van der Waals surface area contributed by atoms with Crippen LogP contribution >= 0.6 is 0 Å². The predicted octanol–water partition coefficient (Wildman–Crippen LogP) is -0.628. The van der Waals surface area contributed by atoms with Gasteiger partial charge < -0.3 is 10.1 Å². The molecule has 0 spiro atoms. The summed E-state index contributed by atoms with van der Waals surface area (Å²) in [5.41, 5.74) is 0. The molecule has 3 amide bonds. The Hall–Kier alpha value is -1.63. The molecule has 0 aromatic rings. The van der Waals surface area contributed by atoms with E-state index in [1.54, 1.807) is 20.8 Å². The van der Waals surface area contributed by atoms with Gasteiger partial charge in [-0.15, -0.1) is 0 Å². The molecule has 0 bridgehead atoms. The smallest absolute Gasteiger partial charge is 0.322 e. The number of hydrogen-bond acceptors (Lipinski definition) is 5. The number of carbonyl (C=O) groups excluding carboxylic acids is 3. The second-order valence-corrected chi connectivity index (χ2v) is 3.48. The number of imide groups is 1. The van der Waals surface area contributed by atoms with Gasteiger partial charge in [0, 0.05) is 6.54 Å². The highest BCUT2D eigenvalue weighted by Crippen LogP contribution is 1.90. The van der Waals surface area contributed by atoms with Gasteiger partial charge >= 0.3 is 12.0 Å². The summed E-state index contributed by atoms with van der Waals surface area (Å²) in [5, 5.41) is 7.28. The van der Waals surface area contributed by atoms with Crippen molar-refractivity contribution < 1.29 is 19.1 Å². The molecule has 0 aromatic carbocycles. The summed E-state index contributed by atoms with van der Waals surface area (Å²) in [5.74, 6) is -0.977. The Labute approximate surface area is 100 Å². The Balaban J connectivity index is 4.13. The fraction of sp³-hybridized carbons (Fsp3) is 0.700. The molecule has 0 radical (unpaired) electrons. The lowest BCUT2D eigenvalue weighted by molar-refractivity contribution is -0.143. The minimum atomic E-state index is -0.674. The summed E-state index contributed by atoms with van der Waals surface area (Å²) < 4.78 is 4.50. The van der Waals surface area contributed by atoms with E-state index in [1.807, 2.05) is 0 Å². The molecule has 2 unspecified atom stereocenters. The number of esters is 1. The van der Waals surface area contributed by atoms with E-state index in [1.165, 1.54) is 7.11 Å². The molecule has 0 aliphatic rings. The van der Waals surface area contributed by atoms with Gasteiger partial charge in [0.25, 0.3) is 0 Å². The monoisotopic (exact) mass is 245 g/mol. The minimum Gasteiger partial charge on any atom is -0.468 e. The van der Waals surface area contributed by atoms with Crippen molar-refractivity contribution in [2.24, 2.45) is 0 Å². The lowest BCUT2D eigenvalue weighted by Crippen LogP contribution is -2.51. The number of hydrogen-bond donors (Lipinski definition) is 3. The maximum absolute atomic E-state index is 11.5. The molecule has 0 aromatic heterocycles. The highest BCUT2D eigenvalue weighted by molar-refractivity contribution is 5.97. The van der Waals surface area contributed by atoms with Gasteiger partial charge in [-0.1, -0.05) is 0 Å². The van der Waals surface area contributed by atoms with Gasteiger partial charge in [-0.3, -0.25) is 20.2 Å². The van der Waals surface area contributed by atoms with Crippen LogP contribution < -0.4 is 16.0 Å². The van der Waals surface area contributed by atoms with Crippen LogP contribution in [-0.4, -0.2) is 43.6 Å². The van der Waals surface area contributed by atoms with Crippen molar-refractivity contribution >= 4 is 17.9 Å². The van der Waals surface area contributed by atoms with Crippen LogP contribution in [-0.2, 0) is 14.3 Å². The van der Waals surface area contributed by atoms with Gasteiger partial charge in [-0.2, -0.15) is 0 Å². The number of nitrogens with one attached hydrogen (secondary N) is 3. The lowest BCUT2D eigenvalue weighted by atomic mass is 10.2. The first-order chi connectivity index (χ1) is 7.92. The third-order valence-corrected chi connectivity index (χ3v) is 2.02. The number of urea groups is 1. The van der Waals surface area contributed by atoms with E-state index in [2.05, 4.69) is 20.7 Å². The summed E-state index contributed by atoms with van der Waals surface area (Å²) in [7, 11) is 1.26. The molecular formula is C10H19N3O4. The van der Waals surface area contributed by atoms with Crippen LogP contribution in [0.5, 0.6) is 0 Å². The first-order valence-electron chi connectivity index (χ1n) is 5.34. The minimum absolute atomic E-state index is 0.430. The maximum Gasteiger partial charge on any atom is 0.322 e. The van der Waals surface area contributed by atoms with E-state index in [-0.39, 0.29) is 0 Å². The van der Waals surface area contributed by atoms with E-state index >= 15 is 0 Å². The molecule has 0 saturated carbocycles. The number of amides is 3. The first-order valence-corrected chi connectivity index (χ1v) is 5.34. The number of rotatable bonds is 5. The van der Waals surface area contributed by atoms with Crippen LogP contribution in [0.3, 0.4) is 0 Å². The van der Waals surface area contributed by atoms with E-state index in [9.17, 15) is 14.4 Å². The standard InChI is InChI=1S/C10H19N3O4/c1-5-11-10(16)13-8(14)6(2)12-7(3)9(15)17-4/h6-7,12H,5H2,1-4H3,(H2,11,13,14,16). The maximum atomic E-state index is 11.5. The molecule has 0 fully saturated rings. The molecule has 0 saturated heterocycles. The first kappa shape index (κ1) is 15.4. The zero-order chi connectivity index (χ0) is 13.4. The second kappa shape index (κ2) is 7.61. The Kier molecular flexibility index (Phi) is 6.88. The van der Waals surface area contributed by atoms with Gasteiger partial charge in [0.2, 0.25) is 5.91 Å². The van der Waals surface area contributed by atoms with E-state index < -0.39 is 30.0 Å². The molecule has 3 N–H and O–H groups in total. The number of ether oxygens (including phenoxy) is 1. The van der Waals surface area contributed by atoms with Crippen LogP contribution in [0.15, 0.2) is 0 Å². The summed E-state index contributed by atoms with van der Waals surface area (Å²) in [6, 6.07) is -1.85. The molecule has 0 aliphatic carbocycles. The molecular weight excluding hydrogens is 226 g/mol. The van der Waals surface area contributed by atoms with Gasteiger partial charge in [-0.25, -0.2) is 4.79 Å². The van der Waals surface area contributed by atoms with Gasteiger partial charge in [0.15, 0.2) is 0 Å². The lowest BCUT2D eigenvalue weighted by Gasteiger charge is -2.17. The SMILES string of the molecule is CCNC(=O)NC(=O)C(C)NC(C)C(=O)OC. The van der Waals surface area contributed by atoms with Gasteiger partial charge in [0.05, 0.1) is 13.2 Å². The van der Waals surface area contributed by atoms with E-state index in [4.69, 9.17) is 0 Å². The van der Waals surface area contributed by atoms with Gasteiger partial charge in [0.1, 0.15) is 6.04 Å². The average Bonchev–Trinajstić information content (AvgIpc) is 2.27. The molecule has 0 heterocycles. The van der Waals surface area contributed by atoms with Gasteiger partial charge in [-0.05, 0) is 20.8 Å². The van der Waals surface area contributed by atoms with Crippen molar-refractivity contribution in [3.63, 3.8) is 0 Å². The highest BCUT2D eigenvalue weighted by atomic mass is 16.5. The zero-order valence-corrected chi connectivity index (χ0v) is 10.5. The fourth-order valence-electron chi connectivity index (χ4n) is 1.12. The van der Waals surface area contributed by atoms with Crippen molar-refractivity contribution in [3.05, 3.63) is 0 Å². The molecule has 0 rings (SSSR count). The topological polar surface area (TPSA) is 96.5 Å². The Morgan fingerprint density at radius 2 is 1.76 bits per heavy atom. The van der Waals surface area contributed by atoms with Crippen LogP contribution in [0, 0.1) is 0 Å². The molecule has 98 valence electrons. The number of carbonyl (C=O) groups is 3. The summed E-state index contributed by atoms with van der Waals surface area (Å²) in [6.45, 7) is 5.29. The average molecular weight is 245 g/mol. The summed E-state index contributed by atoms with van der Waals surface area (Å²) >= 11 is 0. The predicted molar refractivity (Wildman–Crippen MR) is 61.3 cm³/mol. The molecule has 17 heavy (non-hydrogen) atoms. The van der Waals surface area contributed by atoms with Crippen molar-refractivity contribution in [2.45, 2.75) is 32.9 Å². The molecule has 2 atom stereocenters. The molecule has 7 nitrogen and oxygen atoms in total. The normalized spacial score (nSPS) is 13.4. The van der Waals surface area contributed by atoms with Crippen LogP contribution in [0.1, 0.15) is 20.8 Å². The van der Waals surface area contributed by atoms with Crippen LogP contribution in [0.2, 0.25) is 0 Å². The second-order valence-electron chi connectivity index (χ2n) is 3.48. The third-order valence-electron chi connectivity index (χ3n) is 2.02. The van der Waals surface area contributed by atoms with Crippen molar-refractivity contribution in [2.75, 3.05) is 13.7 Å². The largest absolute Gasteiger partial charge is 0.468 e. The quantitative estimate of drug-likeness (QED) is 0.560. The molecule has 0 aliphatic heterocycles. The van der Waals surface area contributed by atoms with E-state index in [0.29, 0.717) is 6.54 Å². The highest BCUT2D eigenvalue weighted by Gasteiger charge is 2.21. The zero-order valence-electron chi connectivity index (χ0n) is 10.5. The van der Waals surface area contributed by atoms with Crippen LogP contribution in [0.25, 0.3) is 0 Å². The Morgan fingerprint density at radius 1 is 1.18 bits per heavy atom. The van der Waals surface area contributed by atoms with E-state index in [0.717, 1.165) is 0 Å². The fourth-order valence-corrected chi connectivity index (χ4v) is 1.12. The van der Waals surface area contributed by atoms with Crippen molar-refractivity contribution in [1.82, 2.24) is 16.0 Å².